The molecule has 4 saturated carbocycles. The van der Waals surface area contributed by atoms with Crippen molar-refractivity contribution in [3.05, 3.63) is 71.8 Å². The fraction of sp³-hybridized carbons (Fsp3) is 0.435. The van der Waals surface area contributed by atoms with Crippen LogP contribution in [-0.4, -0.2) is 11.4 Å². The first-order chi connectivity index (χ1) is 12.2. The van der Waals surface area contributed by atoms with Crippen LogP contribution in [0.4, 0.5) is 0 Å². The highest BCUT2D eigenvalue weighted by Gasteiger charge is 2.58. The van der Waals surface area contributed by atoms with Crippen molar-refractivity contribution < 1.29 is 4.79 Å². The number of carbonyl (C=O) groups excluding carboxylic acids is 1. The van der Waals surface area contributed by atoms with Gasteiger partial charge in [-0.1, -0.05) is 48.5 Å². The standard InChI is InChI=1S/C23H25NO/c25-21(19-7-3-1-4-8-19)24-23-14-17-11-18(15-23)13-22(12-17,16-23)20-9-5-2-6-10-20/h1-10,17-18H,11-16H2,(H,24,25). The summed E-state index contributed by atoms with van der Waals surface area (Å²) in [5.41, 5.74) is 2.54. The van der Waals surface area contributed by atoms with Crippen molar-refractivity contribution in [3.63, 3.8) is 0 Å². The molecule has 2 unspecified atom stereocenters. The molecule has 2 aromatic rings. The molecule has 4 bridgehead atoms. The van der Waals surface area contributed by atoms with Gasteiger partial charge in [-0.3, -0.25) is 4.79 Å². The summed E-state index contributed by atoms with van der Waals surface area (Å²) >= 11 is 0. The maximum atomic E-state index is 12.9. The van der Waals surface area contributed by atoms with Gasteiger partial charge < -0.3 is 5.32 Å². The molecule has 6 rings (SSSR count). The Morgan fingerprint density at radius 2 is 1.44 bits per heavy atom. The second kappa shape index (κ2) is 5.45. The predicted octanol–water partition coefficient (Wildman–Crippen LogP) is 4.71. The van der Waals surface area contributed by atoms with Crippen molar-refractivity contribution >= 4 is 5.91 Å². The summed E-state index contributed by atoms with van der Waals surface area (Å²) in [6.07, 6.45) is 7.40. The van der Waals surface area contributed by atoms with Gasteiger partial charge >= 0.3 is 0 Å². The molecule has 25 heavy (non-hydrogen) atoms. The maximum absolute atomic E-state index is 12.9. The van der Waals surface area contributed by atoms with Gasteiger partial charge in [0.2, 0.25) is 0 Å². The van der Waals surface area contributed by atoms with Crippen LogP contribution >= 0.6 is 0 Å². The first-order valence-electron chi connectivity index (χ1n) is 9.60. The van der Waals surface area contributed by atoms with Crippen LogP contribution in [0.1, 0.15) is 54.4 Å². The van der Waals surface area contributed by atoms with E-state index in [1.807, 2.05) is 30.3 Å². The first kappa shape index (κ1) is 15.2. The molecule has 2 atom stereocenters. The molecule has 2 aromatic carbocycles. The van der Waals surface area contributed by atoms with E-state index < -0.39 is 0 Å². The Morgan fingerprint density at radius 1 is 0.840 bits per heavy atom. The third kappa shape index (κ3) is 2.50. The lowest BCUT2D eigenvalue weighted by molar-refractivity contribution is -0.0371. The maximum Gasteiger partial charge on any atom is 0.251 e. The van der Waals surface area contributed by atoms with E-state index in [0.29, 0.717) is 0 Å². The van der Waals surface area contributed by atoms with Crippen molar-refractivity contribution in [1.82, 2.24) is 5.32 Å². The van der Waals surface area contributed by atoms with E-state index in [-0.39, 0.29) is 16.9 Å². The summed E-state index contributed by atoms with van der Waals surface area (Å²) in [6.45, 7) is 0. The Kier molecular flexibility index (Phi) is 3.31. The van der Waals surface area contributed by atoms with Crippen LogP contribution in [-0.2, 0) is 5.41 Å². The number of rotatable bonds is 3. The number of hydrogen-bond acceptors (Lipinski definition) is 1. The minimum Gasteiger partial charge on any atom is -0.347 e. The Balaban J connectivity index is 1.47. The Labute approximate surface area is 149 Å². The average molecular weight is 331 g/mol. The zero-order valence-electron chi connectivity index (χ0n) is 14.6. The third-order valence-electron chi connectivity index (χ3n) is 6.86. The van der Waals surface area contributed by atoms with Crippen LogP contribution in [0.3, 0.4) is 0 Å². The van der Waals surface area contributed by atoms with Gasteiger partial charge in [-0.15, -0.1) is 0 Å². The molecule has 128 valence electrons. The quantitative estimate of drug-likeness (QED) is 0.867. The molecule has 0 radical (unpaired) electrons. The molecule has 1 amide bonds. The molecule has 0 aliphatic heterocycles. The second-order valence-electron chi connectivity index (χ2n) is 8.71. The molecule has 2 nitrogen and oxygen atoms in total. The number of benzene rings is 2. The Bertz CT molecular complexity index is 768. The van der Waals surface area contributed by atoms with Gasteiger partial charge in [-0.2, -0.15) is 0 Å². The summed E-state index contributed by atoms with van der Waals surface area (Å²) in [5, 5.41) is 3.50. The summed E-state index contributed by atoms with van der Waals surface area (Å²) in [6, 6.07) is 20.8. The van der Waals surface area contributed by atoms with Crippen molar-refractivity contribution in [2.75, 3.05) is 0 Å². The minimum atomic E-state index is -0.00709. The van der Waals surface area contributed by atoms with Crippen LogP contribution in [0.25, 0.3) is 0 Å². The molecule has 0 spiro atoms. The van der Waals surface area contributed by atoms with Crippen LogP contribution < -0.4 is 5.32 Å². The first-order valence-corrected chi connectivity index (χ1v) is 9.60. The monoisotopic (exact) mass is 331 g/mol. The molecular formula is C23H25NO. The highest BCUT2D eigenvalue weighted by molar-refractivity contribution is 5.94. The predicted molar refractivity (Wildman–Crippen MR) is 99.4 cm³/mol. The minimum absolute atomic E-state index is 0.00709. The lowest BCUT2D eigenvalue weighted by Crippen LogP contribution is -2.64. The van der Waals surface area contributed by atoms with Gasteiger partial charge in [0, 0.05) is 11.1 Å². The smallest absolute Gasteiger partial charge is 0.251 e. The number of nitrogens with one attached hydrogen (secondary N) is 1. The van der Waals surface area contributed by atoms with Gasteiger partial charge in [-0.05, 0) is 73.5 Å². The van der Waals surface area contributed by atoms with Gasteiger partial charge in [0.25, 0.3) is 5.91 Å². The van der Waals surface area contributed by atoms with Gasteiger partial charge in [-0.25, -0.2) is 0 Å². The van der Waals surface area contributed by atoms with Crippen LogP contribution in [0.5, 0.6) is 0 Å². The molecular weight excluding hydrogens is 306 g/mol. The van der Waals surface area contributed by atoms with Crippen molar-refractivity contribution in [2.45, 2.75) is 49.5 Å². The number of amides is 1. The highest BCUT2D eigenvalue weighted by atomic mass is 16.1. The Hall–Kier alpha value is -2.09. The van der Waals surface area contributed by atoms with Gasteiger partial charge in [0.15, 0.2) is 0 Å². The van der Waals surface area contributed by atoms with Crippen LogP contribution in [0, 0.1) is 11.8 Å². The van der Waals surface area contributed by atoms with E-state index in [9.17, 15) is 4.79 Å². The largest absolute Gasteiger partial charge is 0.347 e. The van der Waals surface area contributed by atoms with Crippen molar-refractivity contribution in [2.24, 2.45) is 11.8 Å². The van der Waals surface area contributed by atoms with Gasteiger partial charge in [0.05, 0.1) is 0 Å². The molecule has 2 heteroatoms. The van der Waals surface area contributed by atoms with Crippen molar-refractivity contribution in [3.8, 4) is 0 Å². The molecule has 0 heterocycles. The topological polar surface area (TPSA) is 29.1 Å². The molecule has 4 aliphatic rings. The SMILES string of the molecule is O=C(NC12CC3CC(C1)CC(c1ccccc1)(C3)C2)c1ccccc1. The summed E-state index contributed by atoms with van der Waals surface area (Å²) < 4.78 is 0. The fourth-order valence-corrected chi connectivity index (χ4v) is 6.44. The second-order valence-corrected chi connectivity index (χ2v) is 8.71. The molecule has 4 aliphatic carbocycles. The van der Waals surface area contributed by atoms with E-state index >= 15 is 0 Å². The molecule has 1 N–H and O–H groups in total. The zero-order chi connectivity index (χ0) is 16.9. The fourth-order valence-electron chi connectivity index (χ4n) is 6.44. The van der Waals surface area contributed by atoms with E-state index in [1.165, 1.54) is 24.8 Å². The van der Waals surface area contributed by atoms with Gasteiger partial charge in [0.1, 0.15) is 0 Å². The summed E-state index contributed by atoms with van der Waals surface area (Å²) in [7, 11) is 0. The highest BCUT2D eigenvalue weighted by Crippen LogP contribution is 2.62. The average Bonchev–Trinajstić information content (AvgIpc) is 2.62. The van der Waals surface area contributed by atoms with Crippen LogP contribution in [0.2, 0.25) is 0 Å². The molecule has 0 saturated heterocycles. The van der Waals surface area contributed by atoms with E-state index in [0.717, 1.165) is 36.7 Å². The summed E-state index contributed by atoms with van der Waals surface area (Å²) in [4.78, 5) is 12.9. The van der Waals surface area contributed by atoms with E-state index in [4.69, 9.17) is 0 Å². The summed E-state index contributed by atoms with van der Waals surface area (Å²) in [5.74, 6) is 1.63. The van der Waals surface area contributed by atoms with E-state index in [1.54, 1.807) is 0 Å². The normalized spacial score (nSPS) is 35.5. The number of carbonyl (C=O) groups is 1. The lowest BCUT2D eigenvalue weighted by Gasteiger charge is -2.62. The number of hydrogen-bond donors (Lipinski definition) is 1. The Morgan fingerprint density at radius 3 is 2.08 bits per heavy atom. The van der Waals surface area contributed by atoms with E-state index in [2.05, 4.69) is 35.6 Å². The lowest BCUT2D eigenvalue weighted by atomic mass is 9.45. The van der Waals surface area contributed by atoms with Crippen molar-refractivity contribution in [1.29, 1.82) is 0 Å². The van der Waals surface area contributed by atoms with Crippen LogP contribution in [0.15, 0.2) is 60.7 Å². The third-order valence-corrected chi connectivity index (χ3v) is 6.86. The zero-order valence-corrected chi connectivity index (χ0v) is 14.6. The molecule has 0 aromatic heterocycles. The molecule has 4 fully saturated rings.